The third-order valence-corrected chi connectivity index (χ3v) is 4.15. The van der Waals surface area contributed by atoms with E-state index < -0.39 is 0 Å². The van der Waals surface area contributed by atoms with Crippen molar-refractivity contribution in [1.82, 2.24) is 14.7 Å². The summed E-state index contributed by atoms with van der Waals surface area (Å²) in [6.07, 6.45) is 9.46. The Labute approximate surface area is 110 Å². The highest BCUT2D eigenvalue weighted by atomic mass is 15.3. The largest absolute Gasteiger partial charge is 0.329 e. The summed E-state index contributed by atoms with van der Waals surface area (Å²) in [6.45, 7) is 4.96. The Hall–Kier alpha value is -0.870. The van der Waals surface area contributed by atoms with Gasteiger partial charge in [0.2, 0.25) is 0 Å². The predicted octanol–water partition coefficient (Wildman–Crippen LogP) is 2.34. The lowest BCUT2D eigenvalue weighted by atomic mass is 10.1. The van der Waals surface area contributed by atoms with Crippen LogP contribution in [0, 0.1) is 0 Å². The average molecular weight is 250 g/mol. The molecule has 1 aromatic heterocycles. The molecule has 1 unspecified atom stereocenters. The first-order valence-corrected chi connectivity index (χ1v) is 7.09. The fraction of sp³-hybridized carbons (Fsp3) is 0.786. The molecule has 0 spiro atoms. The van der Waals surface area contributed by atoms with Crippen molar-refractivity contribution in [3.63, 3.8) is 0 Å². The first-order chi connectivity index (χ1) is 8.63. The molecule has 1 aliphatic rings. The van der Waals surface area contributed by atoms with Crippen molar-refractivity contribution in [3.05, 3.63) is 18.0 Å². The summed E-state index contributed by atoms with van der Waals surface area (Å²) in [5.41, 5.74) is 7.23. The zero-order valence-corrected chi connectivity index (χ0v) is 11.8. The zero-order chi connectivity index (χ0) is 13.1. The van der Waals surface area contributed by atoms with E-state index in [1.165, 1.54) is 31.2 Å². The van der Waals surface area contributed by atoms with Crippen LogP contribution in [0.4, 0.5) is 0 Å². The van der Waals surface area contributed by atoms with Gasteiger partial charge in [0.1, 0.15) is 0 Å². The summed E-state index contributed by atoms with van der Waals surface area (Å²) in [6, 6.07) is 1.41. The summed E-state index contributed by atoms with van der Waals surface area (Å²) >= 11 is 0. The van der Waals surface area contributed by atoms with Gasteiger partial charge in [0.25, 0.3) is 0 Å². The van der Waals surface area contributed by atoms with Crippen molar-refractivity contribution in [3.8, 4) is 0 Å². The normalized spacial score (nSPS) is 19.0. The van der Waals surface area contributed by atoms with Crippen molar-refractivity contribution >= 4 is 0 Å². The molecular weight excluding hydrogens is 224 g/mol. The van der Waals surface area contributed by atoms with E-state index >= 15 is 0 Å². The summed E-state index contributed by atoms with van der Waals surface area (Å²) < 4.78 is 2.01. The molecule has 2 N–H and O–H groups in total. The maximum Gasteiger partial charge on any atom is 0.0538 e. The van der Waals surface area contributed by atoms with Gasteiger partial charge in [0.15, 0.2) is 0 Å². The number of hydrogen-bond donors (Lipinski definition) is 1. The van der Waals surface area contributed by atoms with Crippen molar-refractivity contribution in [2.75, 3.05) is 13.6 Å². The third-order valence-electron chi connectivity index (χ3n) is 4.15. The molecule has 1 aromatic rings. The summed E-state index contributed by atoms with van der Waals surface area (Å²) in [7, 11) is 2.21. The fourth-order valence-electron chi connectivity index (χ4n) is 2.91. The third kappa shape index (κ3) is 2.75. The molecule has 1 atom stereocenters. The topological polar surface area (TPSA) is 47.1 Å². The molecule has 1 aliphatic carbocycles. The summed E-state index contributed by atoms with van der Waals surface area (Å²) in [4.78, 5) is 2.45. The first-order valence-electron chi connectivity index (χ1n) is 7.09. The van der Waals surface area contributed by atoms with Gasteiger partial charge in [-0.05, 0) is 33.7 Å². The van der Waals surface area contributed by atoms with Crippen molar-refractivity contribution < 1.29 is 0 Å². The molecule has 1 heterocycles. The Kier molecular flexibility index (Phi) is 4.40. The maximum atomic E-state index is 5.98. The molecule has 18 heavy (non-hydrogen) atoms. The van der Waals surface area contributed by atoms with Gasteiger partial charge < -0.3 is 5.73 Å². The predicted molar refractivity (Wildman–Crippen MR) is 74.4 cm³/mol. The lowest BCUT2D eigenvalue weighted by Crippen LogP contribution is -2.37. The fourth-order valence-corrected chi connectivity index (χ4v) is 2.91. The standard InChI is InChI=1S/C14H26N4/c1-11(2)18-10-12(9-16-18)14(8-15)17(3)13-6-4-5-7-13/h9-11,13-14H,4-8,15H2,1-3H3. The van der Waals surface area contributed by atoms with Crippen LogP contribution in [0.1, 0.15) is 57.2 Å². The van der Waals surface area contributed by atoms with E-state index in [2.05, 4.69) is 37.1 Å². The van der Waals surface area contributed by atoms with E-state index in [1.54, 1.807) is 0 Å². The van der Waals surface area contributed by atoms with E-state index in [0.29, 0.717) is 24.7 Å². The van der Waals surface area contributed by atoms with Crippen LogP contribution in [-0.4, -0.2) is 34.3 Å². The van der Waals surface area contributed by atoms with Crippen molar-refractivity contribution in [2.45, 2.75) is 57.7 Å². The van der Waals surface area contributed by atoms with Gasteiger partial charge in [0, 0.05) is 30.4 Å². The second-order valence-electron chi connectivity index (χ2n) is 5.70. The van der Waals surface area contributed by atoms with Gasteiger partial charge in [-0.15, -0.1) is 0 Å². The Morgan fingerprint density at radius 2 is 2.11 bits per heavy atom. The second kappa shape index (κ2) is 5.85. The van der Waals surface area contributed by atoms with Crippen LogP contribution >= 0.6 is 0 Å². The molecule has 1 fully saturated rings. The van der Waals surface area contributed by atoms with E-state index in [0.717, 1.165) is 0 Å². The quantitative estimate of drug-likeness (QED) is 0.872. The first kappa shape index (κ1) is 13.6. The number of hydrogen-bond acceptors (Lipinski definition) is 3. The van der Waals surface area contributed by atoms with Gasteiger partial charge in [-0.25, -0.2) is 0 Å². The van der Waals surface area contributed by atoms with E-state index in [4.69, 9.17) is 5.73 Å². The molecule has 2 rings (SSSR count). The highest BCUT2D eigenvalue weighted by Gasteiger charge is 2.26. The van der Waals surface area contributed by atoms with Crippen LogP contribution in [0.2, 0.25) is 0 Å². The Balaban J connectivity index is 2.10. The molecular formula is C14H26N4. The molecule has 0 radical (unpaired) electrons. The Morgan fingerprint density at radius 3 is 2.61 bits per heavy atom. The number of likely N-dealkylation sites (N-methyl/N-ethyl adjacent to an activating group) is 1. The maximum absolute atomic E-state index is 5.98. The molecule has 1 saturated carbocycles. The number of nitrogens with zero attached hydrogens (tertiary/aromatic N) is 3. The van der Waals surface area contributed by atoms with Crippen LogP contribution in [0.25, 0.3) is 0 Å². The number of nitrogens with two attached hydrogens (primary N) is 1. The van der Waals surface area contributed by atoms with Gasteiger partial charge in [-0.3, -0.25) is 9.58 Å². The van der Waals surface area contributed by atoms with Gasteiger partial charge >= 0.3 is 0 Å². The van der Waals surface area contributed by atoms with Crippen LogP contribution < -0.4 is 5.73 Å². The number of rotatable bonds is 5. The van der Waals surface area contributed by atoms with Crippen molar-refractivity contribution in [2.24, 2.45) is 5.73 Å². The lowest BCUT2D eigenvalue weighted by Gasteiger charge is -2.31. The zero-order valence-electron chi connectivity index (χ0n) is 11.8. The minimum atomic E-state index is 0.306. The average Bonchev–Trinajstić information content (AvgIpc) is 3.01. The minimum absolute atomic E-state index is 0.306. The smallest absolute Gasteiger partial charge is 0.0538 e. The highest BCUT2D eigenvalue weighted by Crippen LogP contribution is 2.29. The molecule has 0 aromatic carbocycles. The summed E-state index contributed by atoms with van der Waals surface area (Å²) in [5.74, 6) is 0. The van der Waals surface area contributed by atoms with Crippen LogP contribution in [0.5, 0.6) is 0 Å². The van der Waals surface area contributed by atoms with Crippen LogP contribution in [0.3, 0.4) is 0 Å². The summed E-state index contributed by atoms with van der Waals surface area (Å²) in [5, 5.41) is 4.43. The van der Waals surface area contributed by atoms with E-state index in [9.17, 15) is 0 Å². The van der Waals surface area contributed by atoms with Gasteiger partial charge in [0.05, 0.1) is 12.2 Å². The SMILES string of the molecule is CC(C)n1cc(C(CN)N(C)C2CCCC2)cn1. The Morgan fingerprint density at radius 1 is 1.44 bits per heavy atom. The van der Waals surface area contributed by atoms with Gasteiger partial charge in [-0.1, -0.05) is 12.8 Å². The molecule has 4 nitrogen and oxygen atoms in total. The molecule has 0 saturated heterocycles. The van der Waals surface area contributed by atoms with Crippen LogP contribution in [-0.2, 0) is 0 Å². The molecule has 4 heteroatoms. The van der Waals surface area contributed by atoms with E-state index in [1.807, 2.05) is 10.9 Å². The molecule has 0 bridgehead atoms. The monoisotopic (exact) mass is 250 g/mol. The highest BCUT2D eigenvalue weighted by molar-refractivity contribution is 5.12. The molecule has 102 valence electrons. The minimum Gasteiger partial charge on any atom is -0.329 e. The van der Waals surface area contributed by atoms with Crippen LogP contribution in [0.15, 0.2) is 12.4 Å². The second-order valence-corrected chi connectivity index (χ2v) is 5.70. The van der Waals surface area contributed by atoms with E-state index in [-0.39, 0.29) is 0 Å². The van der Waals surface area contributed by atoms with Gasteiger partial charge in [-0.2, -0.15) is 5.10 Å². The lowest BCUT2D eigenvalue weighted by molar-refractivity contribution is 0.179. The molecule has 0 aliphatic heterocycles. The molecule has 0 amide bonds. The van der Waals surface area contributed by atoms with Crippen molar-refractivity contribution in [1.29, 1.82) is 0 Å². The Bertz CT molecular complexity index is 366. The number of aromatic nitrogens is 2.